The highest BCUT2D eigenvalue weighted by Crippen LogP contribution is 2.21. The second kappa shape index (κ2) is 5.87. The van der Waals surface area contributed by atoms with E-state index in [1.807, 2.05) is 24.3 Å². The molecule has 3 nitrogen and oxygen atoms in total. The van der Waals surface area contributed by atoms with E-state index >= 15 is 0 Å². The van der Waals surface area contributed by atoms with E-state index in [1.165, 1.54) is 0 Å². The fourth-order valence-electron chi connectivity index (χ4n) is 1.31. The van der Waals surface area contributed by atoms with Crippen LogP contribution in [0.1, 0.15) is 25.8 Å². The van der Waals surface area contributed by atoms with E-state index < -0.39 is 0 Å². The summed E-state index contributed by atoms with van der Waals surface area (Å²) in [5, 5.41) is 9.12. The van der Waals surface area contributed by atoms with E-state index in [-0.39, 0.29) is 12.0 Å². The first-order valence-corrected chi connectivity index (χ1v) is 5.61. The van der Waals surface area contributed by atoms with Gasteiger partial charge in [-0.2, -0.15) is 0 Å². The van der Waals surface area contributed by atoms with Gasteiger partial charge in [-0.3, -0.25) is 0 Å². The fourth-order valence-corrected chi connectivity index (χ4v) is 1.31. The normalized spacial score (nSPS) is 11.5. The van der Waals surface area contributed by atoms with Crippen molar-refractivity contribution in [2.75, 3.05) is 13.2 Å². The van der Waals surface area contributed by atoms with Crippen molar-refractivity contribution in [2.45, 2.75) is 26.9 Å². The second-order valence-corrected chi connectivity index (χ2v) is 4.73. The van der Waals surface area contributed by atoms with Gasteiger partial charge in [-0.1, -0.05) is 32.0 Å². The lowest BCUT2D eigenvalue weighted by Gasteiger charge is -2.22. The fraction of sp³-hybridized carbons (Fsp3) is 0.538. The first-order chi connectivity index (χ1) is 7.59. The van der Waals surface area contributed by atoms with E-state index in [0.29, 0.717) is 13.2 Å². The van der Waals surface area contributed by atoms with Gasteiger partial charge in [0, 0.05) is 5.56 Å². The molecule has 3 N–H and O–H groups in total. The Morgan fingerprint density at radius 1 is 1.31 bits per heavy atom. The number of rotatable bonds is 6. The van der Waals surface area contributed by atoms with Crippen LogP contribution >= 0.6 is 0 Å². The van der Waals surface area contributed by atoms with Gasteiger partial charge in [0.25, 0.3) is 0 Å². The molecule has 0 atom stereocenters. The Morgan fingerprint density at radius 3 is 2.62 bits per heavy atom. The van der Waals surface area contributed by atoms with Crippen LogP contribution in [-0.2, 0) is 6.61 Å². The van der Waals surface area contributed by atoms with Crippen molar-refractivity contribution in [2.24, 2.45) is 11.1 Å². The highest BCUT2D eigenvalue weighted by atomic mass is 16.5. The number of hydrogen-bond acceptors (Lipinski definition) is 3. The lowest BCUT2D eigenvalue weighted by atomic mass is 9.90. The van der Waals surface area contributed by atoms with Crippen molar-refractivity contribution in [1.29, 1.82) is 0 Å². The zero-order chi connectivity index (χ0) is 12.0. The lowest BCUT2D eigenvalue weighted by molar-refractivity contribution is 0.223. The first-order valence-electron chi connectivity index (χ1n) is 5.61. The minimum Gasteiger partial charge on any atom is -0.493 e. The van der Waals surface area contributed by atoms with Crippen molar-refractivity contribution in [3.8, 4) is 5.75 Å². The van der Waals surface area contributed by atoms with Crippen LogP contribution in [-0.4, -0.2) is 18.3 Å². The van der Waals surface area contributed by atoms with Gasteiger partial charge in [0.15, 0.2) is 0 Å². The number of benzene rings is 1. The largest absolute Gasteiger partial charge is 0.493 e. The van der Waals surface area contributed by atoms with Gasteiger partial charge < -0.3 is 15.6 Å². The van der Waals surface area contributed by atoms with E-state index in [2.05, 4.69) is 13.8 Å². The molecule has 16 heavy (non-hydrogen) atoms. The molecular weight excluding hydrogens is 202 g/mol. The first kappa shape index (κ1) is 13.0. The Hall–Kier alpha value is -1.06. The minimum absolute atomic E-state index is 0.0104. The molecule has 1 rings (SSSR count). The van der Waals surface area contributed by atoms with E-state index in [4.69, 9.17) is 15.6 Å². The monoisotopic (exact) mass is 223 g/mol. The summed E-state index contributed by atoms with van der Waals surface area (Å²) >= 11 is 0. The molecule has 0 unspecified atom stereocenters. The molecule has 0 aliphatic heterocycles. The molecule has 0 saturated carbocycles. The third-order valence-electron chi connectivity index (χ3n) is 2.73. The van der Waals surface area contributed by atoms with E-state index in [9.17, 15) is 0 Å². The van der Waals surface area contributed by atoms with Gasteiger partial charge >= 0.3 is 0 Å². The van der Waals surface area contributed by atoms with Crippen LogP contribution in [0.4, 0.5) is 0 Å². The molecule has 90 valence electrons. The average molecular weight is 223 g/mol. The average Bonchev–Trinajstić information content (AvgIpc) is 2.29. The van der Waals surface area contributed by atoms with Crippen molar-refractivity contribution in [3.63, 3.8) is 0 Å². The standard InChI is InChI=1S/C13H21NO2/c1-13(2,10-14)7-8-16-12-6-4-3-5-11(12)9-15/h3-6,15H,7-10,14H2,1-2H3. The predicted molar refractivity (Wildman–Crippen MR) is 65.3 cm³/mol. The SMILES string of the molecule is CC(C)(CN)CCOc1ccccc1CO. The summed E-state index contributed by atoms with van der Waals surface area (Å²) in [5.74, 6) is 0.762. The molecule has 0 radical (unpaired) electrons. The van der Waals surface area contributed by atoms with Gasteiger partial charge in [0.1, 0.15) is 5.75 Å². The third kappa shape index (κ3) is 3.83. The highest BCUT2D eigenvalue weighted by molar-refractivity contribution is 5.32. The number of nitrogens with two attached hydrogens (primary N) is 1. The lowest BCUT2D eigenvalue weighted by Crippen LogP contribution is -2.25. The Labute approximate surface area is 97.2 Å². The Bertz CT molecular complexity index is 323. The van der Waals surface area contributed by atoms with Gasteiger partial charge in [0.2, 0.25) is 0 Å². The van der Waals surface area contributed by atoms with Crippen LogP contribution in [0, 0.1) is 5.41 Å². The highest BCUT2D eigenvalue weighted by Gasteiger charge is 2.15. The molecule has 0 aromatic heterocycles. The Kier molecular flexibility index (Phi) is 4.77. The number of ether oxygens (including phenoxy) is 1. The van der Waals surface area contributed by atoms with Crippen LogP contribution in [0.5, 0.6) is 5.75 Å². The van der Waals surface area contributed by atoms with Crippen LogP contribution in [0.2, 0.25) is 0 Å². The molecule has 0 aliphatic carbocycles. The maximum atomic E-state index is 9.12. The van der Waals surface area contributed by atoms with Crippen LogP contribution in [0.15, 0.2) is 24.3 Å². The van der Waals surface area contributed by atoms with Gasteiger partial charge in [0.05, 0.1) is 13.2 Å². The summed E-state index contributed by atoms with van der Waals surface area (Å²) < 4.78 is 5.65. The molecule has 0 amide bonds. The second-order valence-electron chi connectivity index (χ2n) is 4.73. The summed E-state index contributed by atoms with van der Waals surface area (Å²) in [4.78, 5) is 0. The van der Waals surface area contributed by atoms with E-state index in [0.717, 1.165) is 17.7 Å². The molecule has 0 spiro atoms. The number of hydrogen-bond donors (Lipinski definition) is 2. The Balaban J connectivity index is 2.49. The molecule has 0 saturated heterocycles. The summed E-state index contributed by atoms with van der Waals surface area (Å²) in [6.45, 7) is 5.53. The molecule has 0 fully saturated rings. The van der Waals surface area contributed by atoms with Crippen molar-refractivity contribution >= 4 is 0 Å². The van der Waals surface area contributed by atoms with Crippen LogP contribution in [0.25, 0.3) is 0 Å². The summed E-state index contributed by atoms with van der Waals surface area (Å²) in [6, 6.07) is 7.54. The van der Waals surface area contributed by atoms with Crippen LogP contribution < -0.4 is 10.5 Å². The van der Waals surface area contributed by atoms with Crippen LogP contribution in [0.3, 0.4) is 0 Å². The van der Waals surface area contributed by atoms with E-state index in [1.54, 1.807) is 0 Å². The summed E-state index contributed by atoms with van der Waals surface area (Å²) in [7, 11) is 0. The van der Waals surface area contributed by atoms with Gasteiger partial charge in [-0.25, -0.2) is 0 Å². The zero-order valence-corrected chi connectivity index (χ0v) is 10.1. The Morgan fingerprint density at radius 2 is 2.00 bits per heavy atom. The smallest absolute Gasteiger partial charge is 0.124 e. The summed E-state index contributed by atoms with van der Waals surface area (Å²) in [6.07, 6.45) is 0.906. The topological polar surface area (TPSA) is 55.5 Å². The number of aliphatic hydroxyl groups is 1. The predicted octanol–water partition coefficient (Wildman–Crippen LogP) is 1.93. The van der Waals surface area contributed by atoms with Crippen molar-refractivity contribution in [3.05, 3.63) is 29.8 Å². The maximum Gasteiger partial charge on any atom is 0.124 e. The van der Waals surface area contributed by atoms with Crippen molar-refractivity contribution < 1.29 is 9.84 Å². The van der Waals surface area contributed by atoms with Gasteiger partial charge in [-0.05, 0) is 24.4 Å². The molecule has 1 aromatic rings. The third-order valence-corrected chi connectivity index (χ3v) is 2.73. The number of para-hydroxylation sites is 1. The molecule has 3 heteroatoms. The molecule has 0 aliphatic rings. The zero-order valence-electron chi connectivity index (χ0n) is 10.1. The maximum absolute atomic E-state index is 9.12. The molecule has 0 bridgehead atoms. The molecular formula is C13H21NO2. The summed E-state index contributed by atoms with van der Waals surface area (Å²) in [5.41, 5.74) is 6.58. The molecule has 1 aromatic carbocycles. The van der Waals surface area contributed by atoms with Gasteiger partial charge in [-0.15, -0.1) is 0 Å². The quantitative estimate of drug-likeness (QED) is 0.774. The minimum atomic E-state index is 0.0104. The molecule has 0 heterocycles. The van der Waals surface area contributed by atoms with Crippen molar-refractivity contribution in [1.82, 2.24) is 0 Å². The number of aliphatic hydroxyl groups excluding tert-OH is 1.